The van der Waals surface area contributed by atoms with E-state index in [2.05, 4.69) is 4.98 Å². The molecule has 0 bridgehead atoms. The summed E-state index contributed by atoms with van der Waals surface area (Å²) in [4.78, 5) is 24.8. The van der Waals surface area contributed by atoms with E-state index in [0.717, 1.165) is 0 Å². The van der Waals surface area contributed by atoms with Gasteiger partial charge < -0.3 is 14.5 Å². The van der Waals surface area contributed by atoms with E-state index < -0.39 is 5.97 Å². The van der Waals surface area contributed by atoms with Crippen molar-refractivity contribution in [1.29, 1.82) is 0 Å². The van der Waals surface area contributed by atoms with E-state index in [9.17, 15) is 9.59 Å². The number of carbonyl (C=O) groups excluding carboxylic acids is 1. The molecule has 0 aliphatic carbocycles. The van der Waals surface area contributed by atoms with Crippen LogP contribution in [-0.2, 0) is 4.79 Å². The Morgan fingerprint density at radius 2 is 1.89 bits per heavy atom. The lowest BCUT2D eigenvalue weighted by atomic mass is 10.3. The quantitative estimate of drug-likeness (QED) is 0.826. The highest BCUT2D eigenvalue weighted by Gasteiger charge is 2.06. The van der Waals surface area contributed by atoms with Crippen LogP contribution < -0.4 is 15.0 Å². The highest BCUT2D eigenvalue weighted by molar-refractivity contribution is 5.73. The summed E-state index contributed by atoms with van der Waals surface area (Å²) in [6, 6.07) is 11.6. The molecule has 0 amide bonds. The van der Waals surface area contributed by atoms with Crippen LogP contribution in [0.2, 0.25) is 0 Å². The maximum Gasteiger partial charge on any atom is 0.349 e. The van der Waals surface area contributed by atoms with Crippen molar-refractivity contribution < 1.29 is 14.3 Å². The summed E-state index contributed by atoms with van der Waals surface area (Å²) < 4.78 is 10.1. The van der Waals surface area contributed by atoms with Crippen LogP contribution in [0.5, 0.6) is 11.5 Å². The van der Waals surface area contributed by atoms with E-state index in [4.69, 9.17) is 9.47 Å². The van der Waals surface area contributed by atoms with E-state index in [1.807, 2.05) is 6.07 Å². The van der Waals surface area contributed by atoms with Gasteiger partial charge in [0.15, 0.2) is 6.61 Å². The van der Waals surface area contributed by atoms with Gasteiger partial charge in [-0.15, -0.1) is 0 Å². The van der Waals surface area contributed by atoms with Gasteiger partial charge in [0.25, 0.3) is 5.56 Å². The third-order valence-electron chi connectivity index (χ3n) is 2.08. The normalized spacial score (nSPS) is 9.78. The third-order valence-corrected chi connectivity index (χ3v) is 2.08. The smallest absolute Gasteiger partial charge is 0.349 e. The number of pyridine rings is 1. The Balaban J connectivity index is 1.88. The second kappa shape index (κ2) is 5.67. The summed E-state index contributed by atoms with van der Waals surface area (Å²) in [6.45, 7) is -0.211. The second-order valence-electron chi connectivity index (χ2n) is 3.46. The average Bonchev–Trinajstić information content (AvgIpc) is 2.38. The Labute approximate surface area is 103 Å². The molecule has 0 unspecified atom stereocenters. The Morgan fingerprint density at radius 3 is 2.61 bits per heavy atom. The van der Waals surface area contributed by atoms with Crippen molar-refractivity contribution in [2.24, 2.45) is 0 Å². The van der Waals surface area contributed by atoms with Gasteiger partial charge in [-0.25, -0.2) is 4.79 Å². The molecular weight excluding hydrogens is 234 g/mol. The second-order valence-corrected chi connectivity index (χ2v) is 3.46. The number of rotatable bonds is 4. The van der Waals surface area contributed by atoms with E-state index >= 15 is 0 Å². The Bertz CT molecular complexity index is 577. The summed E-state index contributed by atoms with van der Waals surface area (Å²) in [5.74, 6) is 0.213. The van der Waals surface area contributed by atoms with Gasteiger partial charge in [-0.05, 0) is 18.2 Å². The first kappa shape index (κ1) is 11.9. The summed E-state index contributed by atoms with van der Waals surface area (Å²) in [7, 11) is 0. The molecule has 2 rings (SSSR count). The number of benzene rings is 1. The topological polar surface area (TPSA) is 68.4 Å². The number of nitrogens with one attached hydrogen (secondary N) is 1. The molecule has 0 atom stereocenters. The van der Waals surface area contributed by atoms with Gasteiger partial charge in [0, 0.05) is 12.3 Å². The number of aromatic nitrogens is 1. The predicted octanol–water partition coefficient (Wildman–Crippen LogP) is 1.36. The van der Waals surface area contributed by atoms with Crippen LogP contribution in [0.3, 0.4) is 0 Å². The monoisotopic (exact) mass is 245 g/mol. The third kappa shape index (κ3) is 3.48. The Morgan fingerprint density at radius 1 is 1.11 bits per heavy atom. The number of H-pyrrole nitrogens is 1. The first-order valence-electron chi connectivity index (χ1n) is 5.31. The number of hydrogen-bond donors (Lipinski definition) is 1. The van der Waals surface area contributed by atoms with E-state index in [0.29, 0.717) is 5.75 Å². The van der Waals surface area contributed by atoms with Gasteiger partial charge in [0.2, 0.25) is 0 Å². The average molecular weight is 245 g/mol. The van der Waals surface area contributed by atoms with Crippen LogP contribution in [0, 0.1) is 0 Å². The van der Waals surface area contributed by atoms with Crippen molar-refractivity contribution in [2.45, 2.75) is 0 Å². The molecule has 1 N–H and O–H groups in total. The lowest BCUT2D eigenvalue weighted by molar-refractivity contribution is -0.136. The first-order valence-corrected chi connectivity index (χ1v) is 5.31. The fraction of sp³-hybridized carbons (Fsp3) is 0.0769. The molecule has 0 fully saturated rings. The van der Waals surface area contributed by atoms with Crippen LogP contribution >= 0.6 is 0 Å². The Kier molecular flexibility index (Phi) is 3.76. The first-order chi connectivity index (χ1) is 8.74. The molecule has 1 aromatic carbocycles. The molecule has 0 saturated heterocycles. The number of carbonyl (C=O) groups is 1. The molecule has 0 aliphatic heterocycles. The fourth-order valence-corrected chi connectivity index (χ4v) is 1.31. The summed E-state index contributed by atoms with van der Waals surface area (Å²) >= 11 is 0. The van der Waals surface area contributed by atoms with Crippen LogP contribution in [0.25, 0.3) is 0 Å². The minimum absolute atomic E-state index is 0.195. The number of ether oxygens (including phenoxy) is 2. The molecule has 2 aromatic rings. The molecular formula is C13H11NO4. The molecule has 5 nitrogen and oxygen atoms in total. The molecule has 1 heterocycles. The van der Waals surface area contributed by atoms with Gasteiger partial charge in [-0.3, -0.25) is 4.79 Å². The highest BCUT2D eigenvalue weighted by atomic mass is 16.6. The highest BCUT2D eigenvalue weighted by Crippen LogP contribution is 2.09. The van der Waals surface area contributed by atoms with Crippen LogP contribution in [0.15, 0.2) is 53.5 Å². The maximum absolute atomic E-state index is 11.4. The molecule has 0 spiro atoms. The molecule has 18 heavy (non-hydrogen) atoms. The zero-order valence-electron chi connectivity index (χ0n) is 9.46. The number of aromatic amines is 1. The van der Waals surface area contributed by atoms with E-state index in [1.165, 1.54) is 18.3 Å². The molecule has 0 radical (unpaired) electrons. The van der Waals surface area contributed by atoms with Crippen molar-refractivity contribution in [3.63, 3.8) is 0 Å². The van der Waals surface area contributed by atoms with Crippen molar-refractivity contribution in [3.8, 4) is 11.5 Å². The van der Waals surface area contributed by atoms with E-state index in [1.54, 1.807) is 24.3 Å². The Hall–Kier alpha value is -2.56. The minimum Gasteiger partial charge on any atom is -0.482 e. The minimum atomic E-state index is -0.565. The molecule has 5 heteroatoms. The van der Waals surface area contributed by atoms with Gasteiger partial charge >= 0.3 is 5.97 Å². The number of esters is 1. The molecule has 92 valence electrons. The van der Waals surface area contributed by atoms with Crippen molar-refractivity contribution in [2.75, 3.05) is 6.61 Å². The molecule has 0 aliphatic rings. The summed E-state index contributed by atoms with van der Waals surface area (Å²) in [5.41, 5.74) is -0.329. The van der Waals surface area contributed by atoms with Crippen LogP contribution in [0.1, 0.15) is 0 Å². The van der Waals surface area contributed by atoms with Crippen molar-refractivity contribution in [1.82, 2.24) is 4.98 Å². The lowest BCUT2D eigenvalue weighted by Crippen LogP contribution is -2.18. The van der Waals surface area contributed by atoms with Crippen molar-refractivity contribution in [3.05, 3.63) is 59.0 Å². The van der Waals surface area contributed by atoms with Crippen LogP contribution in [0.4, 0.5) is 0 Å². The number of para-hydroxylation sites is 1. The van der Waals surface area contributed by atoms with Crippen molar-refractivity contribution >= 4 is 5.97 Å². The number of hydrogen-bond acceptors (Lipinski definition) is 4. The lowest BCUT2D eigenvalue weighted by Gasteiger charge is -2.05. The van der Waals surface area contributed by atoms with Crippen LogP contribution in [-0.4, -0.2) is 17.6 Å². The zero-order valence-corrected chi connectivity index (χ0v) is 9.46. The standard InChI is InChI=1S/C13H11NO4/c15-12-8-11(6-7-14-12)18-13(16)9-17-10-4-2-1-3-5-10/h1-8H,9H2,(H,14,15). The fourth-order valence-electron chi connectivity index (χ4n) is 1.31. The summed E-state index contributed by atoms with van der Waals surface area (Å²) in [5, 5.41) is 0. The van der Waals surface area contributed by atoms with E-state index in [-0.39, 0.29) is 17.9 Å². The zero-order chi connectivity index (χ0) is 12.8. The van der Waals surface area contributed by atoms with Gasteiger partial charge in [-0.1, -0.05) is 18.2 Å². The maximum atomic E-state index is 11.4. The summed E-state index contributed by atoms with van der Waals surface area (Å²) in [6.07, 6.45) is 1.41. The largest absolute Gasteiger partial charge is 0.482 e. The molecule has 1 aromatic heterocycles. The predicted molar refractivity (Wildman–Crippen MR) is 64.6 cm³/mol. The van der Waals surface area contributed by atoms with Gasteiger partial charge in [-0.2, -0.15) is 0 Å². The van der Waals surface area contributed by atoms with Gasteiger partial charge in [0.05, 0.1) is 0 Å². The SMILES string of the molecule is O=C(COc1ccccc1)Oc1cc[nH]c(=O)c1. The molecule has 0 saturated carbocycles. The van der Waals surface area contributed by atoms with Gasteiger partial charge in [0.1, 0.15) is 11.5 Å².